The van der Waals surface area contributed by atoms with Crippen LogP contribution in [0.1, 0.15) is 21.5 Å². The molecule has 0 saturated carbocycles. The number of thioether (sulfide) groups is 1. The first kappa shape index (κ1) is 20.4. The van der Waals surface area contributed by atoms with E-state index in [1.165, 1.54) is 42.1 Å². The molecule has 3 aromatic carbocycles. The number of benzene rings is 3. The van der Waals surface area contributed by atoms with Gasteiger partial charge in [-0.3, -0.25) is 0 Å². The predicted octanol–water partition coefficient (Wildman–Crippen LogP) is 4.71. The van der Waals surface area contributed by atoms with Gasteiger partial charge in [0.2, 0.25) is 0 Å². The number of carboxylic acid groups (broad SMARTS) is 1. The van der Waals surface area contributed by atoms with Crippen LogP contribution in [0, 0.1) is 11.6 Å². The van der Waals surface area contributed by atoms with E-state index in [-0.39, 0.29) is 22.9 Å². The number of rotatable bonds is 5. The third-order valence-corrected chi connectivity index (χ3v) is 6.44. The van der Waals surface area contributed by atoms with Gasteiger partial charge in [0.25, 0.3) is 0 Å². The minimum atomic E-state index is -0.999. The summed E-state index contributed by atoms with van der Waals surface area (Å²) in [5.74, 6) is -2.31. The lowest BCUT2D eigenvalue weighted by atomic mass is 10.0. The summed E-state index contributed by atoms with van der Waals surface area (Å²) in [5, 5.41) is 19.8. The summed E-state index contributed by atoms with van der Waals surface area (Å²) in [4.78, 5) is 13.6. The lowest BCUT2D eigenvalue weighted by Gasteiger charge is -2.40. The standard InChI is InChI=1S/C23H19F2NO3S/c24-17-4-3-5-18(25)16(17)13-26-19-6-1-2-7-20(19)30-21(22(26)27)12-14-8-10-15(11-9-14)23(28)29/h1-11,21-22,27H,12-13H2,(H,28,29). The fourth-order valence-corrected chi connectivity index (χ4v) is 4.89. The topological polar surface area (TPSA) is 60.8 Å². The Morgan fingerprint density at radius 1 is 0.967 bits per heavy atom. The largest absolute Gasteiger partial charge is 0.478 e. The minimum Gasteiger partial charge on any atom is -0.478 e. The van der Waals surface area contributed by atoms with Crippen molar-refractivity contribution in [1.82, 2.24) is 0 Å². The molecule has 1 aliphatic rings. The zero-order valence-corrected chi connectivity index (χ0v) is 16.7. The molecule has 3 aromatic rings. The highest BCUT2D eigenvalue weighted by Crippen LogP contribution is 2.43. The molecular weight excluding hydrogens is 408 g/mol. The van der Waals surface area contributed by atoms with E-state index in [9.17, 15) is 18.7 Å². The van der Waals surface area contributed by atoms with Gasteiger partial charge in [-0.1, -0.05) is 30.3 Å². The number of hydrogen-bond acceptors (Lipinski definition) is 4. The summed E-state index contributed by atoms with van der Waals surface area (Å²) in [5.41, 5.74) is 1.68. The molecule has 0 fully saturated rings. The third kappa shape index (κ3) is 4.04. The van der Waals surface area contributed by atoms with E-state index in [0.717, 1.165) is 16.1 Å². The fourth-order valence-electron chi connectivity index (χ4n) is 3.56. The van der Waals surface area contributed by atoms with Crippen molar-refractivity contribution < 1.29 is 23.8 Å². The van der Waals surface area contributed by atoms with Crippen LogP contribution < -0.4 is 4.90 Å². The molecule has 1 aliphatic heterocycles. The highest BCUT2D eigenvalue weighted by Gasteiger charge is 2.34. The molecule has 30 heavy (non-hydrogen) atoms. The number of halogens is 2. The third-order valence-electron chi connectivity index (χ3n) is 5.13. The zero-order chi connectivity index (χ0) is 21.3. The van der Waals surface area contributed by atoms with E-state index < -0.39 is 23.8 Å². The van der Waals surface area contributed by atoms with E-state index in [1.54, 1.807) is 17.0 Å². The first-order chi connectivity index (χ1) is 14.4. The smallest absolute Gasteiger partial charge is 0.335 e. The molecule has 0 amide bonds. The van der Waals surface area contributed by atoms with Crippen molar-refractivity contribution in [3.63, 3.8) is 0 Å². The number of aromatic carboxylic acids is 1. The van der Waals surface area contributed by atoms with Crippen molar-refractivity contribution >= 4 is 23.4 Å². The van der Waals surface area contributed by atoms with Crippen molar-refractivity contribution in [3.05, 3.63) is 95.1 Å². The fraction of sp³-hybridized carbons (Fsp3) is 0.174. The van der Waals surface area contributed by atoms with Gasteiger partial charge in [0, 0.05) is 10.5 Å². The van der Waals surface area contributed by atoms with E-state index in [2.05, 4.69) is 0 Å². The maximum Gasteiger partial charge on any atom is 0.335 e. The van der Waals surface area contributed by atoms with Gasteiger partial charge in [-0.2, -0.15) is 0 Å². The first-order valence-electron chi connectivity index (χ1n) is 9.39. The van der Waals surface area contributed by atoms with Crippen LogP contribution >= 0.6 is 11.8 Å². The summed E-state index contributed by atoms with van der Waals surface area (Å²) in [6.07, 6.45) is -0.515. The SMILES string of the molecule is O=C(O)c1ccc(CC2Sc3ccccc3N(Cc3c(F)cccc3F)C2O)cc1. The number of carboxylic acids is 1. The Labute approximate surface area is 176 Å². The van der Waals surface area contributed by atoms with Crippen LogP contribution in [0.25, 0.3) is 0 Å². The molecule has 0 saturated heterocycles. The molecule has 0 bridgehead atoms. The average Bonchev–Trinajstić information content (AvgIpc) is 2.73. The Morgan fingerprint density at radius 3 is 2.30 bits per heavy atom. The highest BCUT2D eigenvalue weighted by molar-refractivity contribution is 8.00. The van der Waals surface area contributed by atoms with Crippen molar-refractivity contribution in [3.8, 4) is 0 Å². The van der Waals surface area contributed by atoms with Crippen LogP contribution in [-0.4, -0.2) is 27.7 Å². The van der Waals surface area contributed by atoms with Crippen molar-refractivity contribution in [2.24, 2.45) is 0 Å². The Balaban J connectivity index is 1.64. The summed E-state index contributed by atoms with van der Waals surface area (Å²) in [6.45, 7) is -0.105. The van der Waals surface area contributed by atoms with Crippen LogP contribution in [0.15, 0.2) is 71.6 Å². The molecule has 0 aromatic heterocycles. The number of anilines is 1. The molecule has 0 radical (unpaired) electrons. The van der Waals surface area contributed by atoms with Gasteiger partial charge < -0.3 is 15.1 Å². The van der Waals surface area contributed by atoms with E-state index in [4.69, 9.17) is 5.11 Å². The first-order valence-corrected chi connectivity index (χ1v) is 10.3. The summed E-state index contributed by atoms with van der Waals surface area (Å²) in [6, 6.07) is 17.7. The molecule has 4 nitrogen and oxygen atoms in total. The molecule has 4 rings (SSSR count). The van der Waals surface area contributed by atoms with Crippen LogP contribution in [0.4, 0.5) is 14.5 Å². The molecule has 1 heterocycles. The van der Waals surface area contributed by atoms with Gasteiger partial charge in [0.05, 0.1) is 23.0 Å². The molecule has 154 valence electrons. The van der Waals surface area contributed by atoms with Gasteiger partial charge in [0.15, 0.2) is 0 Å². The van der Waals surface area contributed by atoms with Crippen LogP contribution in [0.2, 0.25) is 0 Å². The van der Waals surface area contributed by atoms with E-state index in [1.807, 2.05) is 24.3 Å². The molecule has 2 atom stereocenters. The number of hydrogen-bond donors (Lipinski definition) is 2. The van der Waals surface area contributed by atoms with Gasteiger partial charge in [0.1, 0.15) is 17.9 Å². The van der Waals surface area contributed by atoms with Gasteiger partial charge in [-0.15, -0.1) is 11.8 Å². The lowest BCUT2D eigenvalue weighted by molar-refractivity contribution is 0.0697. The second-order valence-electron chi connectivity index (χ2n) is 7.07. The minimum absolute atomic E-state index is 0.0946. The van der Waals surface area contributed by atoms with E-state index in [0.29, 0.717) is 6.42 Å². The Morgan fingerprint density at radius 2 is 1.63 bits per heavy atom. The van der Waals surface area contributed by atoms with Crippen molar-refractivity contribution in [2.75, 3.05) is 4.90 Å². The van der Waals surface area contributed by atoms with E-state index >= 15 is 0 Å². The van der Waals surface area contributed by atoms with Crippen LogP contribution in [0.3, 0.4) is 0 Å². The monoisotopic (exact) mass is 427 g/mol. The number of carbonyl (C=O) groups is 1. The summed E-state index contributed by atoms with van der Waals surface area (Å²) < 4.78 is 28.5. The molecule has 7 heteroatoms. The lowest BCUT2D eigenvalue weighted by Crippen LogP contribution is -2.46. The molecular formula is C23H19F2NO3S. The van der Waals surface area contributed by atoms with Crippen molar-refractivity contribution in [1.29, 1.82) is 0 Å². The quantitative estimate of drug-likeness (QED) is 0.618. The average molecular weight is 427 g/mol. The maximum absolute atomic E-state index is 14.3. The normalized spacial score (nSPS) is 18.2. The Hall–Kier alpha value is -2.90. The molecule has 2 N–H and O–H groups in total. The van der Waals surface area contributed by atoms with Crippen LogP contribution in [-0.2, 0) is 13.0 Å². The second kappa shape index (κ2) is 8.45. The summed E-state index contributed by atoms with van der Waals surface area (Å²) in [7, 11) is 0. The van der Waals surface area contributed by atoms with Gasteiger partial charge >= 0.3 is 5.97 Å². The molecule has 2 unspecified atom stereocenters. The Kier molecular flexibility index (Phi) is 5.74. The zero-order valence-electron chi connectivity index (χ0n) is 15.8. The molecule has 0 aliphatic carbocycles. The molecule has 0 spiro atoms. The summed E-state index contributed by atoms with van der Waals surface area (Å²) >= 11 is 1.50. The maximum atomic E-state index is 14.3. The van der Waals surface area contributed by atoms with Gasteiger partial charge in [-0.25, -0.2) is 13.6 Å². The number of nitrogens with zero attached hydrogens (tertiary/aromatic N) is 1. The second-order valence-corrected chi connectivity index (χ2v) is 8.35. The van der Waals surface area contributed by atoms with Crippen molar-refractivity contribution in [2.45, 2.75) is 29.3 Å². The number of para-hydroxylation sites is 1. The highest BCUT2D eigenvalue weighted by atomic mass is 32.2. The predicted molar refractivity (Wildman–Crippen MR) is 112 cm³/mol. The Bertz CT molecular complexity index is 1050. The number of aliphatic hydroxyl groups is 1. The van der Waals surface area contributed by atoms with Gasteiger partial charge in [-0.05, 0) is 48.4 Å². The number of aliphatic hydroxyl groups excluding tert-OH is 1. The number of fused-ring (bicyclic) bond motifs is 1. The van der Waals surface area contributed by atoms with Crippen LogP contribution in [0.5, 0.6) is 0 Å².